The smallest absolute Gasteiger partial charge is 0.335 e. The number of rotatable bonds is 3. The van der Waals surface area contributed by atoms with E-state index in [0.29, 0.717) is 5.92 Å². The number of aryl methyl sites for hydroxylation is 1. The van der Waals surface area contributed by atoms with Gasteiger partial charge in [-0.05, 0) is 25.0 Å². The zero-order valence-corrected chi connectivity index (χ0v) is 10.00. The molecule has 0 atom stereocenters. The summed E-state index contributed by atoms with van der Waals surface area (Å²) < 4.78 is 1.72. The van der Waals surface area contributed by atoms with Crippen LogP contribution in [0.15, 0.2) is 24.3 Å². The van der Waals surface area contributed by atoms with E-state index in [1.807, 2.05) is 13.1 Å². The summed E-state index contributed by atoms with van der Waals surface area (Å²) in [6.07, 6.45) is 2.30. The van der Waals surface area contributed by atoms with E-state index in [1.165, 1.54) is 0 Å². The zero-order valence-electron chi connectivity index (χ0n) is 10.00. The van der Waals surface area contributed by atoms with E-state index in [0.717, 1.165) is 30.1 Å². The number of aromatic carboxylic acids is 1. The Hall–Kier alpha value is -2.17. The molecule has 18 heavy (non-hydrogen) atoms. The van der Waals surface area contributed by atoms with Crippen molar-refractivity contribution in [1.82, 2.24) is 14.8 Å². The Labute approximate surface area is 104 Å². The molecule has 5 nitrogen and oxygen atoms in total. The third kappa shape index (κ3) is 1.88. The van der Waals surface area contributed by atoms with Gasteiger partial charge in [0.05, 0.1) is 5.56 Å². The summed E-state index contributed by atoms with van der Waals surface area (Å²) in [5.41, 5.74) is 1.06. The van der Waals surface area contributed by atoms with Gasteiger partial charge in [0.25, 0.3) is 0 Å². The second kappa shape index (κ2) is 3.94. The normalized spacial score (nSPS) is 14.7. The molecule has 1 aromatic heterocycles. The topological polar surface area (TPSA) is 68.0 Å². The molecule has 1 heterocycles. The number of hydrogen-bond acceptors (Lipinski definition) is 3. The average Bonchev–Trinajstić information content (AvgIpc) is 3.13. The molecular formula is C13H13N3O2. The number of hydrogen-bond donors (Lipinski definition) is 1. The average molecular weight is 243 g/mol. The molecule has 0 spiro atoms. The summed E-state index contributed by atoms with van der Waals surface area (Å²) in [4.78, 5) is 15.5. The quantitative estimate of drug-likeness (QED) is 0.895. The lowest BCUT2D eigenvalue weighted by atomic mass is 10.1. The van der Waals surface area contributed by atoms with Crippen molar-refractivity contribution < 1.29 is 9.90 Å². The van der Waals surface area contributed by atoms with E-state index < -0.39 is 5.97 Å². The lowest BCUT2D eigenvalue weighted by Crippen LogP contribution is -1.98. The molecule has 1 aliphatic carbocycles. The van der Waals surface area contributed by atoms with Crippen LogP contribution in [0.1, 0.15) is 34.9 Å². The first kappa shape index (κ1) is 11.0. The minimum atomic E-state index is -0.929. The van der Waals surface area contributed by atoms with Crippen molar-refractivity contribution in [3.05, 3.63) is 35.7 Å². The highest BCUT2D eigenvalue weighted by Crippen LogP contribution is 2.38. The van der Waals surface area contributed by atoms with E-state index >= 15 is 0 Å². The highest BCUT2D eigenvalue weighted by Gasteiger charge is 2.28. The summed E-state index contributed by atoms with van der Waals surface area (Å²) >= 11 is 0. The first-order valence-electron chi connectivity index (χ1n) is 5.90. The van der Waals surface area contributed by atoms with Gasteiger partial charge in [-0.25, -0.2) is 14.5 Å². The van der Waals surface area contributed by atoms with Crippen molar-refractivity contribution in [2.45, 2.75) is 18.8 Å². The molecule has 0 amide bonds. The fourth-order valence-corrected chi connectivity index (χ4v) is 1.96. The molecule has 1 aromatic carbocycles. The Kier molecular flexibility index (Phi) is 2.40. The molecule has 0 bridgehead atoms. The molecule has 1 fully saturated rings. The molecule has 1 N–H and O–H groups in total. The molecular weight excluding hydrogens is 230 g/mol. The fraction of sp³-hybridized carbons (Fsp3) is 0.308. The molecule has 2 aromatic rings. The van der Waals surface area contributed by atoms with Crippen molar-refractivity contribution in [1.29, 1.82) is 0 Å². The monoisotopic (exact) mass is 243 g/mol. The largest absolute Gasteiger partial charge is 0.478 e. The zero-order chi connectivity index (χ0) is 12.7. The lowest BCUT2D eigenvalue weighted by Gasteiger charge is -2.01. The second-order valence-electron chi connectivity index (χ2n) is 4.58. The van der Waals surface area contributed by atoms with Crippen molar-refractivity contribution >= 4 is 5.97 Å². The first-order chi connectivity index (χ1) is 8.65. The van der Waals surface area contributed by atoms with Crippen LogP contribution in [0.2, 0.25) is 0 Å². The van der Waals surface area contributed by atoms with Crippen LogP contribution in [0, 0.1) is 0 Å². The van der Waals surface area contributed by atoms with Gasteiger partial charge in [0.15, 0.2) is 11.6 Å². The Morgan fingerprint density at radius 3 is 2.89 bits per heavy atom. The second-order valence-corrected chi connectivity index (χ2v) is 4.58. The number of carboxylic acids is 1. The van der Waals surface area contributed by atoms with Crippen LogP contribution >= 0.6 is 0 Å². The molecule has 0 radical (unpaired) electrons. The summed E-state index contributed by atoms with van der Waals surface area (Å²) in [7, 11) is 1.83. The maximum Gasteiger partial charge on any atom is 0.335 e. The van der Waals surface area contributed by atoms with Crippen LogP contribution < -0.4 is 0 Å². The Balaban J connectivity index is 2.03. The van der Waals surface area contributed by atoms with Crippen molar-refractivity contribution in [2.24, 2.45) is 7.05 Å². The molecule has 5 heteroatoms. The van der Waals surface area contributed by atoms with Crippen LogP contribution in [0.5, 0.6) is 0 Å². The van der Waals surface area contributed by atoms with E-state index in [2.05, 4.69) is 10.1 Å². The van der Waals surface area contributed by atoms with Gasteiger partial charge in [-0.3, -0.25) is 0 Å². The van der Waals surface area contributed by atoms with Gasteiger partial charge >= 0.3 is 5.97 Å². The van der Waals surface area contributed by atoms with Crippen LogP contribution in [-0.4, -0.2) is 25.8 Å². The third-order valence-corrected chi connectivity index (χ3v) is 3.09. The van der Waals surface area contributed by atoms with E-state index in [9.17, 15) is 4.79 Å². The van der Waals surface area contributed by atoms with Gasteiger partial charge in [-0.1, -0.05) is 12.1 Å². The molecule has 0 unspecified atom stereocenters. The van der Waals surface area contributed by atoms with Crippen molar-refractivity contribution in [3.63, 3.8) is 0 Å². The van der Waals surface area contributed by atoms with Crippen LogP contribution in [-0.2, 0) is 7.05 Å². The molecule has 3 rings (SSSR count). The van der Waals surface area contributed by atoms with E-state index in [4.69, 9.17) is 5.11 Å². The molecule has 1 saturated carbocycles. The minimum absolute atomic E-state index is 0.267. The maximum absolute atomic E-state index is 10.9. The maximum atomic E-state index is 10.9. The van der Waals surface area contributed by atoms with Gasteiger partial charge < -0.3 is 5.11 Å². The van der Waals surface area contributed by atoms with E-state index in [-0.39, 0.29) is 5.56 Å². The first-order valence-corrected chi connectivity index (χ1v) is 5.90. The summed E-state index contributed by atoms with van der Waals surface area (Å²) in [5, 5.41) is 13.4. The predicted molar refractivity (Wildman–Crippen MR) is 65.4 cm³/mol. The third-order valence-electron chi connectivity index (χ3n) is 3.09. The summed E-state index contributed by atoms with van der Waals surface area (Å²) in [6, 6.07) is 6.78. The predicted octanol–water partition coefficient (Wildman–Crippen LogP) is 2.06. The number of carbonyl (C=O) groups is 1. The standard InChI is InChI=1S/C13H13N3O2/c1-16-12(14-11(15-16)8-5-6-8)9-3-2-4-10(7-9)13(17)18/h2-4,7-8H,5-6H2,1H3,(H,17,18). The SMILES string of the molecule is Cn1nc(C2CC2)nc1-c1cccc(C(=O)O)c1. The number of benzene rings is 1. The van der Waals surface area contributed by atoms with Gasteiger partial charge in [-0.2, -0.15) is 5.10 Å². The fourth-order valence-electron chi connectivity index (χ4n) is 1.96. The number of nitrogens with zero attached hydrogens (tertiary/aromatic N) is 3. The van der Waals surface area contributed by atoms with Crippen molar-refractivity contribution in [3.8, 4) is 11.4 Å². The molecule has 0 saturated heterocycles. The van der Waals surface area contributed by atoms with Crippen LogP contribution in [0.4, 0.5) is 0 Å². The Morgan fingerprint density at radius 1 is 1.44 bits per heavy atom. The molecule has 92 valence electrons. The van der Waals surface area contributed by atoms with Crippen LogP contribution in [0.25, 0.3) is 11.4 Å². The van der Waals surface area contributed by atoms with Crippen molar-refractivity contribution in [2.75, 3.05) is 0 Å². The number of carboxylic acid groups (broad SMARTS) is 1. The Bertz CT molecular complexity index is 614. The van der Waals surface area contributed by atoms with Gasteiger partial charge in [0.2, 0.25) is 0 Å². The summed E-state index contributed by atoms with van der Waals surface area (Å²) in [6.45, 7) is 0. The van der Waals surface area contributed by atoms with Gasteiger partial charge in [0.1, 0.15) is 0 Å². The molecule has 0 aliphatic heterocycles. The van der Waals surface area contributed by atoms with E-state index in [1.54, 1.807) is 22.9 Å². The van der Waals surface area contributed by atoms with Crippen LogP contribution in [0.3, 0.4) is 0 Å². The summed E-state index contributed by atoms with van der Waals surface area (Å²) in [5.74, 6) is 1.15. The highest BCUT2D eigenvalue weighted by molar-refractivity contribution is 5.89. The minimum Gasteiger partial charge on any atom is -0.478 e. The van der Waals surface area contributed by atoms with Gasteiger partial charge in [0, 0.05) is 18.5 Å². The van der Waals surface area contributed by atoms with Gasteiger partial charge in [-0.15, -0.1) is 0 Å². The lowest BCUT2D eigenvalue weighted by molar-refractivity contribution is 0.0697. The number of aromatic nitrogens is 3. The highest BCUT2D eigenvalue weighted by atomic mass is 16.4. The molecule has 1 aliphatic rings. The Morgan fingerprint density at radius 2 is 2.22 bits per heavy atom.